The van der Waals surface area contributed by atoms with Crippen molar-refractivity contribution in [2.24, 2.45) is 0 Å². The molecule has 0 heterocycles. The van der Waals surface area contributed by atoms with Gasteiger partial charge in [-0.1, -0.05) is 40.5 Å². The maximum atomic E-state index is 12.4. The zero-order chi connectivity index (χ0) is 16.1. The molecule has 0 radical (unpaired) electrons. The number of aryl methyl sites for hydroxylation is 2. The molecule has 1 N–H and O–H groups in total. The number of amides is 1. The fourth-order valence-electron chi connectivity index (χ4n) is 2.16. The molecule has 0 saturated heterocycles. The summed E-state index contributed by atoms with van der Waals surface area (Å²) in [4.78, 5) is 12.4. The van der Waals surface area contributed by atoms with Gasteiger partial charge in [0.05, 0.1) is 0 Å². The predicted molar refractivity (Wildman–Crippen MR) is 93.4 cm³/mol. The molecule has 0 aliphatic heterocycles. The highest BCUT2D eigenvalue weighted by molar-refractivity contribution is 9.10. The molecule has 0 aliphatic carbocycles. The monoisotopic (exact) mass is 361 g/mol. The summed E-state index contributed by atoms with van der Waals surface area (Å²) < 4.78 is 6.86. The molecule has 116 valence electrons. The van der Waals surface area contributed by atoms with Crippen molar-refractivity contribution in [3.05, 3.63) is 58.1 Å². The molecule has 2 aromatic rings. The maximum Gasteiger partial charge on any atom is 0.265 e. The Morgan fingerprint density at radius 1 is 1.18 bits per heavy atom. The number of carbonyl (C=O) groups is 1. The molecule has 2 aromatic carbocycles. The number of rotatable bonds is 5. The molecule has 0 bridgehead atoms. The number of benzene rings is 2. The summed E-state index contributed by atoms with van der Waals surface area (Å²) in [6, 6.07) is 13.4. The van der Waals surface area contributed by atoms with Crippen LogP contribution in [0.5, 0.6) is 5.75 Å². The van der Waals surface area contributed by atoms with Gasteiger partial charge in [-0.25, -0.2) is 0 Å². The summed E-state index contributed by atoms with van der Waals surface area (Å²) in [5.41, 5.74) is 2.97. The third-order valence-corrected chi connectivity index (χ3v) is 3.90. The smallest absolute Gasteiger partial charge is 0.265 e. The fraction of sp³-hybridized carbons (Fsp3) is 0.278. The number of anilines is 1. The predicted octanol–water partition coefficient (Wildman–Crippen LogP) is 4.86. The zero-order valence-electron chi connectivity index (χ0n) is 13.0. The molecule has 2 rings (SSSR count). The Morgan fingerprint density at radius 3 is 2.45 bits per heavy atom. The van der Waals surface area contributed by atoms with E-state index in [-0.39, 0.29) is 5.91 Å². The Hall–Kier alpha value is -1.81. The minimum Gasteiger partial charge on any atom is -0.480 e. The second kappa shape index (κ2) is 7.45. The quantitative estimate of drug-likeness (QED) is 0.825. The van der Waals surface area contributed by atoms with Crippen LogP contribution in [-0.4, -0.2) is 12.0 Å². The highest BCUT2D eigenvalue weighted by Crippen LogP contribution is 2.21. The van der Waals surface area contributed by atoms with Gasteiger partial charge in [0.2, 0.25) is 0 Å². The summed E-state index contributed by atoms with van der Waals surface area (Å²) in [5.74, 6) is 0.619. The first-order valence-electron chi connectivity index (χ1n) is 7.30. The van der Waals surface area contributed by atoms with Crippen LogP contribution < -0.4 is 10.1 Å². The van der Waals surface area contributed by atoms with E-state index in [2.05, 4.69) is 27.3 Å². The van der Waals surface area contributed by atoms with Crippen LogP contribution in [0.1, 0.15) is 24.5 Å². The van der Waals surface area contributed by atoms with Crippen LogP contribution in [-0.2, 0) is 4.79 Å². The van der Waals surface area contributed by atoms with Gasteiger partial charge in [-0.15, -0.1) is 0 Å². The average molecular weight is 362 g/mol. The van der Waals surface area contributed by atoms with E-state index in [4.69, 9.17) is 4.74 Å². The van der Waals surface area contributed by atoms with Crippen LogP contribution in [0.15, 0.2) is 46.9 Å². The topological polar surface area (TPSA) is 38.3 Å². The van der Waals surface area contributed by atoms with Gasteiger partial charge in [0.25, 0.3) is 5.91 Å². The van der Waals surface area contributed by atoms with Crippen molar-refractivity contribution >= 4 is 27.5 Å². The van der Waals surface area contributed by atoms with E-state index < -0.39 is 6.10 Å². The minimum atomic E-state index is -0.509. The van der Waals surface area contributed by atoms with E-state index in [0.29, 0.717) is 6.42 Å². The van der Waals surface area contributed by atoms with E-state index in [9.17, 15) is 4.79 Å². The molecule has 0 aliphatic rings. The van der Waals surface area contributed by atoms with Gasteiger partial charge in [-0.2, -0.15) is 0 Å². The fourth-order valence-corrected chi connectivity index (χ4v) is 2.43. The number of halogens is 1. The summed E-state index contributed by atoms with van der Waals surface area (Å²) in [7, 11) is 0. The standard InChI is InChI=1S/C18H20BrNO2/c1-4-16(22-17-10-5-12(2)11-13(17)3)18(21)20-15-8-6-14(19)7-9-15/h5-11,16H,4H2,1-3H3,(H,20,21)/t16-/m0/s1. The van der Waals surface area contributed by atoms with E-state index >= 15 is 0 Å². The lowest BCUT2D eigenvalue weighted by molar-refractivity contribution is -0.122. The lowest BCUT2D eigenvalue weighted by atomic mass is 10.1. The van der Waals surface area contributed by atoms with E-state index in [0.717, 1.165) is 21.5 Å². The van der Waals surface area contributed by atoms with Gasteiger partial charge < -0.3 is 10.1 Å². The van der Waals surface area contributed by atoms with E-state index in [1.165, 1.54) is 5.56 Å². The Labute approximate surface area is 139 Å². The number of hydrogen-bond donors (Lipinski definition) is 1. The first-order chi connectivity index (χ1) is 10.5. The first-order valence-corrected chi connectivity index (χ1v) is 8.09. The molecule has 0 spiro atoms. The normalized spacial score (nSPS) is 11.8. The molecule has 1 amide bonds. The van der Waals surface area contributed by atoms with Crippen LogP contribution >= 0.6 is 15.9 Å². The second-order valence-corrected chi connectivity index (χ2v) is 6.20. The van der Waals surface area contributed by atoms with Crippen molar-refractivity contribution in [2.45, 2.75) is 33.3 Å². The summed E-state index contributed by atoms with van der Waals surface area (Å²) >= 11 is 3.37. The molecule has 0 fully saturated rings. The van der Waals surface area contributed by atoms with Crippen LogP contribution in [0.25, 0.3) is 0 Å². The Balaban J connectivity index is 2.07. The van der Waals surface area contributed by atoms with Gasteiger partial charge in [-0.3, -0.25) is 4.79 Å². The van der Waals surface area contributed by atoms with Crippen molar-refractivity contribution in [1.29, 1.82) is 0 Å². The van der Waals surface area contributed by atoms with Crippen LogP contribution in [0, 0.1) is 13.8 Å². The number of hydrogen-bond acceptors (Lipinski definition) is 2. The largest absolute Gasteiger partial charge is 0.480 e. The molecule has 22 heavy (non-hydrogen) atoms. The molecular weight excluding hydrogens is 342 g/mol. The van der Waals surface area contributed by atoms with Gasteiger partial charge in [0.1, 0.15) is 5.75 Å². The summed E-state index contributed by atoms with van der Waals surface area (Å²) in [6.45, 7) is 5.96. The molecule has 3 nitrogen and oxygen atoms in total. The number of nitrogens with one attached hydrogen (secondary N) is 1. The van der Waals surface area contributed by atoms with Crippen LogP contribution in [0.3, 0.4) is 0 Å². The minimum absolute atomic E-state index is 0.134. The van der Waals surface area contributed by atoms with Gasteiger partial charge in [0, 0.05) is 10.2 Å². The SMILES string of the molecule is CC[C@H](Oc1ccc(C)cc1C)C(=O)Nc1ccc(Br)cc1. The lowest BCUT2D eigenvalue weighted by Crippen LogP contribution is -2.32. The molecular formula is C18H20BrNO2. The van der Waals surface area contributed by atoms with Crippen molar-refractivity contribution in [3.8, 4) is 5.75 Å². The van der Waals surface area contributed by atoms with Gasteiger partial charge >= 0.3 is 0 Å². The van der Waals surface area contributed by atoms with Crippen molar-refractivity contribution in [1.82, 2.24) is 0 Å². The Bertz CT molecular complexity index is 653. The van der Waals surface area contributed by atoms with Crippen molar-refractivity contribution in [2.75, 3.05) is 5.32 Å². The Kier molecular flexibility index (Phi) is 5.61. The van der Waals surface area contributed by atoms with Crippen molar-refractivity contribution < 1.29 is 9.53 Å². The maximum absolute atomic E-state index is 12.4. The zero-order valence-corrected chi connectivity index (χ0v) is 14.6. The highest BCUT2D eigenvalue weighted by Gasteiger charge is 2.19. The number of ether oxygens (including phenoxy) is 1. The molecule has 4 heteroatoms. The third-order valence-electron chi connectivity index (χ3n) is 3.37. The molecule has 0 aromatic heterocycles. The summed E-state index contributed by atoms with van der Waals surface area (Å²) in [6.07, 6.45) is 0.0976. The Morgan fingerprint density at radius 2 is 1.86 bits per heavy atom. The lowest BCUT2D eigenvalue weighted by Gasteiger charge is -2.19. The van der Waals surface area contributed by atoms with E-state index in [1.807, 2.05) is 57.2 Å². The molecule has 1 atom stereocenters. The highest BCUT2D eigenvalue weighted by atomic mass is 79.9. The third kappa shape index (κ3) is 4.34. The molecule has 0 unspecified atom stereocenters. The number of carbonyl (C=O) groups excluding carboxylic acids is 1. The van der Waals surface area contributed by atoms with Gasteiger partial charge in [-0.05, 0) is 56.2 Å². The first kappa shape index (κ1) is 16.6. The molecule has 0 saturated carbocycles. The van der Waals surface area contributed by atoms with E-state index in [1.54, 1.807) is 0 Å². The summed E-state index contributed by atoms with van der Waals surface area (Å²) in [5, 5.41) is 2.89. The van der Waals surface area contributed by atoms with Gasteiger partial charge in [0.15, 0.2) is 6.10 Å². The van der Waals surface area contributed by atoms with Crippen LogP contribution in [0.4, 0.5) is 5.69 Å². The van der Waals surface area contributed by atoms with Crippen molar-refractivity contribution in [3.63, 3.8) is 0 Å². The van der Waals surface area contributed by atoms with Crippen LogP contribution in [0.2, 0.25) is 0 Å². The average Bonchev–Trinajstić information content (AvgIpc) is 2.49. The second-order valence-electron chi connectivity index (χ2n) is 5.28.